The third-order valence-corrected chi connectivity index (χ3v) is 8.96. The van der Waals surface area contributed by atoms with E-state index in [1.807, 2.05) is 55.5 Å². The van der Waals surface area contributed by atoms with E-state index in [4.69, 9.17) is 4.74 Å². The van der Waals surface area contributed by atoms with Gasteiger partial charge in [-0.1, -0.05) is 87.4 Å². The van der Waals surface area contributed by atoms with Crippen molar-refractivity contribution in [2.45, 2.75) is 59.3 Å². The van der Waals surface area contributed by atoms with Gasteiger partial charge >= 0.3 is 5.97 Å². The van der Waals surface area contributed by atoms with Crippen molar-refractivity contribution >= 4 is 33.1 Å². The summed E-state index contributed by atoms with van der Waals surface area (Å²) in [5, 5.41) is 12.1. The number of carboxylic acid groups (broad SMARTS) is 1. The number of aliphatic carboxylic acids is 1. The molecule has 0 radical (unpaired) electrons. The molecule has 1 aromatic heterocycles. The summed E-state index contributed by atoms with van der Waals surface area (Å²) in [7, 11) is -3.39. The molecule has 1 unspecified atom stereocenters. The Labute approximate surface area is 264 Å². The van der Waals surface area contributed by atoms with Crippen LogP contribution < -0.4 is 5.32 Å². The number of carboxylic acids is 1. The number of benzene rings is 3. The van der Waals surface area contributed by atoms with Crippen LogP contribution in [0.3, 0.4) is 0 Å². The molecule has 1 atom stereocenters. The van der Waals surface area contributed by atoms with E-state index in [0.29, 0.717) is 24.3 Å². The molecular weight excluding hydrogens is 595 g/mol. The number of carbonyl (C=O) groups is 2. The fraction of sp³-hybridized carbons (Fsp3) is 0.314. The Balaban J connectivity index is 0.00000124. The van der Waals surface area contributed by atoms with Gasteiger partial charge in [-0.05, 0) is 65.4 Å². The summed E-state index contributed by atoms with van der Waals surface area (Å²) in [4.78, 5) is 27.3. The van der Waals surface area contributed by atoms with Gasteiger partial charge < -0.3 is 15.2 Å². The fourth-order valence-electron chi connectivity index (χ4n) is 4.28. The van der Waals surface area contributed by atoms with Gasteiger partial charge in [0.15, 0.2) is 0 Å². The second kappa shape index (κ2) is 16.9. The number of sulfone groups is 1. The number of aryl methyl sites for hydroxylation is 1. The molecule has 1 heterocycles. The van der Waals surface area contributed by atoms with Gasteiger partial charge in [0.1, 0.15) is 15.9 Å². The number of hydrogen-bond donors (Lipinski definition) is 2. The maximum Gasteiger partial charge on any atom is 0.326 e. The van der Waals surface area contributed by atoms with E-state index < -0.39 is 27.8 Å². The highest BCUT2D eigenvalue weighted by molar-refractivity contribution is 7.90. The summed E-state index contributed by atoms with van der Waals surface area (Å²) in [6.07, 6.45) is 3.45. The summed E-state index contributed by atoms with van der Waals surface area (Å²) in [5.41, 5.74) is 4.76. The Kier molecular flexibility index (Phi) is 13.3. The zero-order valence-electron chi connectivity index (χ0n) is 25.7. The van der Waals surface area contributed by atoms with E-state index >= 15 is 0 Å². The molecule has 2 N–H and O–H groups in total. The maximum absolute atomic E-state index is 13.3. The van der Waals surface area contributed by atoms with Crippen molar-refractivity contribution in [2.75, 3.05) is 12.0 Å². The van der Waals surface area contributed by atoms with Crippen LogP contribution in [0.2, 0.25) is 0 Å². The van der Waals surface area contributed by atoms with Crippen molar-refractivity contribution < 1.29 is 27.9 Å². The maximum atomic E-state index is 13.3. The van der Waals surface area contributed by atoms with E-state index in [-0.39, 0.29) is 12.2 Å². The first-order chi connectivity index (χ1) is 21.0. The van der Waals surface area contributed by atoms with E-state index in [1.54, 1.807) is 23.5 Å². The van der Waals surface area contributed by atoms with Crippen molar-refractivity contribution in [1.82, 2.24) is 5.32 Å². The molecule has 234 valence electrons. The monoisotopic (exact) mass is 635 g/mol. The third-order valence-electron chi connectivity index (χ3n) is 6.88. The first kappa shape index (κ1) is 34.7. The lowest BCUT2D eigenvalue weighted by Crippen LogP contribution is -2.42. The predicted octanol–water partition coefficient (Wildman–Crippen LogP) is 7.53. The van der Waals surface area contributed by atoms with Crippen LogP contribution in [0.15, 0.2) is 84.9 Å². The molecule has 0 aliphatic heterocycles. The highest BCUT2D eigenvalue weighted by atomic mass is 32.2. The lowest BCUT2D eigenvalue weighted by atomic mass is 9.93. The molecule has 0 aliphatic rings. The second-order valence-corrected chi connectivity index (χ2v) is 14.0. The largest absolute Gasteiger partial charge is 0.480 e. The molecule has 0 fully saturated rings. The number of unbranched alkanes of at least 4 members (excludes halogenated alkanes) is 1. The van der Waals surface area contributed by atoms with E-state index in [0.717, 1.165) is 33.4 Å². The van der Waals surface area contributed by atoms with E-state index in [2.05, 4.69) is 43.4 Å². The number of carbonyl (C=O) groups excluding carboxylic acids is 1. The van der Waals surface area contributed by atoms with Crippen LogP contribution in [-0.2, 0) is 32.6 Å². The molecule has 0 aliphatic carbocycles. The first-order valence-electron chi connectivity index (χ1n) is 14.6. The Morgan fingerprint density at radius 2 is 1.57 bits per heavy atom. The van der Waals surface area contributed by atoms with Crippen LogP contribution >= 0.6 is 11.3 Å². The molecule has 7 nitrogen and oxygen atoms in total. The SMILES string of the molecule is CCCC.Cc1ccccc1-c1cc(COCc2ccc(-c3ccccc3)s2)ccc1C(=O)NC(CCS(C)(=O)=O)C(=O)O. The lowest BCUT2D eigenvalue weighted by Gasteiger charge is -2.18. The minimum atomic E-state index is -3.39. The zero-order valence-corrected chi connectivity index (χ0v) is 27.3. The molecule has 44 heavy (non-hydrogen) atoms. The third kappa shape index (κ3) is 10.7. The number of ether oxygens (including phenoxy) is 1. The number of amides is 1. The zero-order chi connectivity index (χ0) is 32.1. The van der Waals surface area contributed by atoms with Crippen LogP contribution in [0, 0.1) is 6.92 Å². The van der Waals surface area contributed by atoms with Crippen molar-refractivity contribution in [3.63, 3.8) is 0 Å². The van der Waals surface area contributed by atoms with Crippen LogP contribution in [0.1, 0.15) is 59.5 Å². The molecular formula is C35H41NO6S2. The summed E-state index contributed by atoms with van der Waals surface area (Å²) in [5.74, 6) is -2.22. The summed E-state index contributed by atoms with van der Waals surface area (Å²) < 4.78 is 29.1. The highest BCUT2D eigenvalue weighted by Gasteiger charge is 2.24. The topological polar surface area (TPSA) is 110 Å². The number of hydrogen-bond acceptors (Lipinski definition) is 6. The molecule has 4 rings (SSSR count). The number of rotatable bonds is 13. The van der Waals surface area contributed by atoms with Crippen molar-refractivity contribution in [3.05, 3.63) is 106 Å². The average molecular weight is 636 g/mol. The first-order valence-corrected chi connectivity index (χ1v) is 17.5. The smallest absolute Gasteiger partial charge is 0.326 e. The van der Waals surface area contributed by atoms with Crippen molar-refractivity contribution in [1.29, 1.82) is 0 Å². The van der Waals surface area contributed by atoms with Gasteiger partial charge in [-0.25, -0.2) is 13.2 Å². The molecule has 9 heteroatoms. The van der Waals surface area contributed by atoms with Crippen LogP contribution in [0.5, 0.6) is 0 Å². The molecule has 0 spiro atoms. The molecule has 0 bridgehead atoms. The van der Waals surface area contributed by atoms with Gasteiger partial charge in [0.25, 0.3) is 5.91 Å². The van der Waals surface area contributed by atoms with Crippen molar-refractivity contribution in [2.24, 2.45) is 0 Å². The van der Waals surface area contributed by atoms with Crippen LogP contribution in [0.4, 0.5) is 0 Å². The minimum absolute atomic E-state index is 0.222. The minimum Gasteiger partial charge on any atom is -0.480 e. The van der Waals surface area contributed by atoms with Gasteiger partial charge in [0.05, 0.1) is 19.0 Å². The molecule has 1 amide bonds. The molecule has 0 saturated carbocycles. The Morgan fingerprint density at radius 3 is 2.20 bits per heavy atom. The standard InChI is InChI=1S/C31H31NO6S2.C4H10/c1-21-8-6-7-11-25(21)27-18-22(19-38-20-24-13-15-29(39-24)23-9-4-3-5-10-23)12-14-26(27)30(33)32-28(31(34)35)16-17-40(2,36)37;1-3-4-2/h3-15,18,28H,16-17,19-20H2,1-2H3,(H,32,33)(H,34,35);3-4H2,1-2H3. The fourth-order valence-corrected chi connectivity index (χ4v) is 5.90. The van der Waals surface area contributed by atoms with Crippen LogP contribution in [0.25, 0.3) is 21.6 Å². The second-order valence-electron chi connectivity index (χ2n) is 10.6. The Hall–Kier alpha value is -3.79. The molecule has 0 saturated heterocycles. The van der Waals surface area contributed by atoms with Gasteiger partial charge in [-0.15, -0.1) is 11.3 Å². The van der Waals surface area contributed by atoms with Gasteiger partial charge in [0.2, 0.25) is 0 Å². The average Bonchev–Trinajstić information content (AvgIpc) is 3.48. The highest BCUT2D eigenvalue weighted by Crippen LogP contribution is 2.30. The predicted molar refractivity (Wildman–Crippen MR) is 179 cm³/mol. The quantitative estimate of drug-likeness (QED) is 0.157. The van der Waals surface area contributed by atoms with E-state index in [9.17, 15) is 23.1 Å². The summed E-state index contributed by atoms with van der Waals surface area (Å²) in [6.45, 7) is 7.07. The summed E-state index contributed by atoms with van der Waals surface area (Å²) in [6, 6.07) is 25.9. The van der Waals surface area contributed by atoms with Gasteiger partial charge in [-0.2, -0.15) is 0 Å². The Bertz CT molecular complexity index is 1630. The molecule has 3 aromatic carbocycles. The summed E-state index contributed by atoms with van der Waals surface area (Å²) >= 11 is 1.68. The van der Waals surface area contributed by atoms with Gasteiger partial charge in [-0.3, -0.25) is 4.79 Å². The van der Waals surface area contributed by atoms with Crippen molar-refractivity contribution in [3.8, 4) is 21.6 Å². The Morgan fingerprint density at radius 1 is 0.886 bits per heavy atom. The lowest BCUT2D eigenvalue weighted by molar-refractivity contribution is -0.139. The van der Waals surface area contributed by atoms with Gasteiger partial charge in [0, 0.05) is 21.6 Å². The number of nitrogens with one attached hydrogen (secondary N) is 1. The number of thiophene rings is 1. The normalized spacial score (nSPS) is 11.7. The molecule has 4 aromatic rings. The van der Waals surface area contributed by atoms with E-state index in [1.165, 1.54) is 17.7 Å². The van der Waals surface area contributed by atoms with Crippen LogP contribution in [-0.4, -0.2) is 43.5 Å².